The highest BCUT2D eigenvalue weighted by atomic mass is 16.5. The molecule has 1 aromatic carbocycles. The number of benzene rings is 1. The second-order valence-corrected chi connectivity index (χ2v) is 5.08. The van der Waals surface area contributed by atoms with Crippen molar-refractivity contribution in [2.24, 2.45) is 0 Å². The first kappa shape index (κ1) is 17.0. The molecule has 0 atom stereocenters. The van der Waals surface area contributed by atoms with Crippen molar-refractivity contribution >= 4 is 5.91 Å². The number of carbonyl (C=O) groups excluding carboxylic acids is 1. The number of nitriles is 1. The molecule has 0 aliphatic heterocycles. The van der Waals surface area contributed by atoms with Crippen molar-refractivity contribution in [1.82, 2.24) is 10.2 Å². The van der Waals surface area contributed by atoms with E-state index in [0.717, 1.165) is 6.54 Å². The standard InChI is InChI=1S/C16H23N3O2/c1-4-19(12-16(20)18-13(2)3)8-9-21-15-7-5-6-14(10-15)11-17/h5-7,10,13H,4,8-9,12H2,1-3H3,(H,18,20). The lowest BCUT2D eigenvalue weighted by atomic mass is 10.2. The molecule has 0 bridgehead atoms. The first-order valence-corrected chi connectivity index (χ1v) is 7.19. The number of hydrogen-bond donors (Lipinski definition) is 1. The van der Waals surface area contributed by atoms with Gasteiger partial charge in [-0.1, -0.05) is 13.0 Å². The summed E-state index contributed by atoms with van der Waals surface area (Å²) in [6, 6.07) is 9.30. The van der Waals surface area contributed by atoms with E-state index >= 15 is 0 Å². The SMILES string of the molecule is CCN(CCOc1cccc(C#N)c1)CC(=O)NC(C)C. The van der Waals surface area contributed by atoms with Gasteiger partial charge in [0.1, 0.15) is 12.4 Å². The Bertz CT molecular complexity index is 495. The first-order valence-electron chi connectivity index (χ1n) is 7.19. The van der Waals surface area contributed by atoms with Crippen molar-refractivity contribution < 1.29 is 9.53 Å². The fourth-order valence-electron chi connectivity index (χ4n) is 1.87. The molecular weight excluding hydrogens is 266 g/mol. The van der Waals surface area contributed by atoms with Gasteiger partial charge in [-0.25, -0.2) is 0 Å². The predicted molar refractivity (Wildman–Crippen MR) is 82.0 cm³/mol. The van der Waals surface area contributed by atoms with Crippen LogP contribution in [0.2, 0.25) is 0 Å². The van der Waals surface area contributed by atoms with Crippen molar-refractivity contribution in [2.45, 2.75) is 26.8 Å². The van der Waals surface area contributed by atoms with Gasteiger partial charge in [0.2, 0.25) is 5.91 Å². The van der Waals surface area contributed by atoms with Crippen LogP contribution in [0.1, 0.15) is 26.3 Å². The highest BCUT2D eigenvalue weighted by molar-refractivity contribution is 5.78. The van der Waals surface area contributed by atoms with Crippen molar-refractivity contribution in [3.05, 3.63) is 29.8 Å². The third-order valence-corrected chi connectivity index (χ3v) is 2.90. The second-order valence-electron chi connectivity index (χ2n) is 5.08. The van der Waals surface area contributed by atoms with E-state index in [1.165, 1.54) is 0 Å². The Hall–Kier alpha value is -2.06. The van der Waals surface area contributed by atoms with Gasteiger partial charge in [0, 0.05) is 12.6 Å². The topological polar surface area (TPSA) is 65.4 Å². The summed E-state index contributed by atoms with van der Waals surface area (Å²) in [5.41, 5.74) is 0.580. The van der Waals surface area contributed by atoms with E-state index in [2.05, 4.69) is 11.4 Å². The van der Waals surface area contributed by atoms with Crippen LogP contribution in [0.25, 0.3) is 0 Å². The molecule has 114 valence electrons. The molecule has 0 heterocycles. The fourth-order valence-corrected chi connectivity index (χ4v) is 1.87. The number of rotatable bonds is 8. The van der Waals surface area contributed by atoms with E-state index in [9.17, 15) is 4.79 Å². The van der Waals surface area contributed by atoms with Crippen LogP contribution in [-0.4, -0.2) is 43.1 Å². The maximum Gasteiger partial charge on any atom is 0.234 e. The third-order valence-electron chi connectivity index (χ3n) is 2.90. The van der Waals surface area contributed by atoms with E-state index in [4.69, 9.17) is 10.00 Å². The summed E-state index contributed by atoms with van der Waals surface area (Å²) in [6.07, 6.45) is 0. The molecule has 0 saturated carbocycles. The third kappa shape index (κ3) is 6.77. The van der Waals surface area contributed by atoms with Crippen LogP contribution < -0.4 is 10.1 Å². The summed E-state index contributed by atoms with van der Waals surface area (Å²) in [7, 11) is 0. The van der Waals surface area contributed by atoms with Gasteiger partial charge < -0.3 is 10.1 Å². The molecule has 5 nitrogen and oxygen atoms in total. The van der Waals surface area contributed by atoms with Gasteiger partial charge in [0.15, 0.2) is 0 Å². The first-order chi connectivity index (χ1) is 10.0. The van der Waals surface area contributed by atoms with Crippen molar-refractivity contribution in [2.75, 3.05) is 26.2 Å². The van der Waals surface area contributed by atoms with Gasteiger partial charge in [-0.05, 0) is 38.6 Å². The zero-order valence-electron chi connectivity index (χ0n) is 12.9. The van der Waals surface area contributed by atoms with Crippen molar-refractivity contribution in [3.8, 4) is 11.8 Å². The zero-order chi connectivity index (χ0) is 15.7. The second kappa shape index (κ2) is 8.98. The molecule has 1 N–H and O–H groups in total. The summed E-state index contributed by atoms with van der Waals surface area (Å²) in [5, 5.41) is 11.7. The number of nitrogens with one attached hydrogen (secondary N) is 1. The molecule has 1 aromatic rings. The molecule has 5 heteroatoms. The van der Waals surface area contributed by atoms with E-state index in [-0.39, 0.29) is 11.9 Å². The fraction of sp³-hybridized carbons (Fsp3) is 0.500. The average Bonchev–Trinajstić information content (AvgIpc) is 2.45. The van der Waals surface area contributed by atoms with Crippen molar-refractivity contribution in [1.29, 1.82) is 5.26 Å². The molecule has 0 aliphatic rings. The van der Waals surface area contributed by atoms with Crippen LogP contribution >= 0.6 is 0 Å². The summed E-state index contributed by atoms with van der Waals surface area (Å²) < 4.78 is 5.62. The normalized spacial score (nSPS) is 10.5. The van der Waals surface area contributed by atoms with Crippen LogP contribution in [0.5, 0.6) is 5.75 Å². The molecular formula is C16H23N3O2. The number of nitrogens with zero attached hydrogens (tertiary/aromatic N) is 2. The lowest BCUT2D eigenvalue weighted by Gasteiger charge is -2.20. The summed E-state index contributed by atoms with van der Waals surface area (Å²) in [5.74, 6) is 0.704. The Kier molecular flexibility index (Phi) is 7.27. The molecule has 0 radical (unpaired) electrons. The molecule has 0 aromatic heterocycles. The van der Waals surface area contributed by atoms with Gasteiger partial charge >= 0.3 is 0 Å². The minimum absolute atomic E-state index is 0.0262. The van der Waals surface area contributed by atoms with Crippen LogP contribution in [0.3, 0.4) is 0 Å². The highest BCUT2D eigenvalue weighted by Crippen LogP contribution is 2.12. The minimum Gasteiger partial charge on any atom is -0.492 e. The minimum atomic E-state index is 0.0262. The molecule has 21 heavy (non-hydrogen) atoms. The Balaban J connectivity index is 2.38. The predicted octanol–water partition coefficient (Wildman–Crippen LogP) is 1.78. The Morgan fingerprint density at radius 2 is 2.24 bits per heavy atom. The summed E-state index contributed by atoms with van der Waals surface area (Å²) in [6.45, 7) is 8.21. The molecule has 0 spiro atoms. The number of amides is 1. The van der Waals surface area contributed by atoms with Crippen molar-refractivity contribution in [3.63, 3.8) is 0 Å². The lowest BCUT2D eigenvalue weighted by molar-refractivity contribution is -0.122. The quantitative estimate of drug-likeness (QED) is 0.792. The van der Waals surface area contributed by atoms with Crippen LogP contribution in [0, 0.1) is 11.3 Å². The van der Waals surface area contributed by atoms with Crippen LogP contribution in [-0.2, 0) is 4.79 Å². The number of carbonyl (C=O) groups is 1. The van der Waals surface area contributed by atoms with Crippen LogP contribution in [0.15, 0.2) is 24.3 Å². The van der Waals surface area contributed by atoms with E-state index in [1.807, 2.05) is 31.7 Å². The molecule has 1 rings (SSSR count). The maximum atomic E-state index is 11.7. The van der Waals surface area contributed by atoms with Gasteiger partial charge in [-0.3, -0.25) is 9.69 Å². The molecule has 0 fully saturated rings. The van der Waals surface area contributed by atoms with Gasteiger partial charge in [0.05, 0.1) is 18.2 Å². The Morgan fingerprint density at radius 3 is 2.86 bits per heavy atom. The summed E-state index contributed by atoms with van der Waals surface area (Å²) in [4.78, 5) is 13.7. The lowest BCUT2D eigenvalue weighted by Crippen LogP contribution is -2.41. The monoisotopic (exact) mass is 289 g/mol. The molecule has 0 aliphatic carbocycles. The molecule has 1 amide bonds. The van der Waals surface area contributed by atoms with E-state index in [0.29, 0.717) is 31.0 Å². The van der Waals surface area contributed by atoms with Gasteiger partial charge in [-0.15, -0.1) is 0 Å². The number of ether oxygens (including phenoxy) is 1. The summed E-state index contributed by atoms with van der Waals surface area (Å²) >= 11 is 0. The number of likely N-dealkylation sites (N-methyl/N-ethyl adjacent to an activating group) is 1. The van der Waals surface area contributed by atoms with Crippen LogP contribution in [0.4, 0.5) is 0 Å². The Morgan fingerprint density at radius 1 is 1.48 bits per heavy atom. The largest absolute Gasteiger partial charge is 0.492 e. The van der Waals surface area contributed by atoms with Gasteiger partial charge in [-0.2, -0.15) is 5.26 Å². The Labute approximate surface area is 126 Å². The van der Waals surface area contributed by atoms with Gasteiger partial charge in [0.25, 0.3) is 0 Å². The molecule has 0 saturated heterocycles. The molecule has 0 unspecified atom stereocenters. The zero-order valence-corrected chi connectivity index (χ0v) is 12.9. The highest BCUT2D eigenvalue weighted by Gasteiger charge is 2.09. The van der Waals surface area contributed by atoms with E-state index in [1.54, 1.807) is 18.2 Å². The number of hydrogen-bond acceptors (Lipinski definition) is 4. The maximum absolute atomic E-state index is 11.7. The van der Waals surface area contributed by atoms with E-state index < -0.39 is 0 Å². The smallest absolute Gasteiger partial charge is 0.234 e. The average molecular weight is 289 g/mol.